The molecule has 2 aromatic carbocycles. The Labute approximate surface area is 140 Å². The minimum absolute atomic E-state index is 0.0408. The molecule has 0 saturated heterocycles. The minimum Gasteiger partial charge on any atom is -0.384 e. The summed E-state index contributed by atoms with van der Waals surface area (Å²) in [4.78, 5) is 0.0408. The maximum absolute atomic E-state index is 12.9. The van der Waals surface area contributed by atoms with Crippen LogP contribution in [-0.4, -0.2) is 20.1 Å². The third-order valence-electron chi connectivity index (χ3n) is 3.59. The molecule has 5 nitrogen and oxygen atoms in total. The van der Waals surface area contributed by atoms with Crippen LogP contribution in [0.25, 0.3) is 0 Å². The van der Waals surface area contributed by atoms with Crippen LogP contribution in [0.4, 0.5) is 4.39 Å². The van der Waals surface area contributed by atoms with Gasteiger partial charge in [0.25, 0.3) is 0 Å². The number of benzene rings is 2. The van der Waals surface area contributed by atoms with Crippen LogP contribution in [0.1, 0.15) is 18.1 Å². The highest BCUT2D eigenvalue weighted by Crippen LogP contribution is 2.21. The van der Waals surface area contributed by atoms with Gasteiger partial charge in [0.15, 0.2) is 0 Å². The van der Waals surface area contributed by atoms with Crippen LogP contribution < -0.4 is 4.72 Å². The van der Waals surface area contributed by atoms with Crippen molar-refractivity contribution in [1.82, 2.24) is 4.72 Å². The van der Waals surface area contributed by atoms with Crippen molar-refractivity contribution >= 4 is 10.0 Å². The highest BCUT2D eigenvalue weighted by atomic mass is 32.2. The molecule has 0 saturated carbocycles. The van der Waals surface area contributed by atoms with Crippen molar-refractivity contribution in [1.29, 1.82) is 5.26 Å². The van der Waals surface area contributed by atoms with E-state index in [4.69, 9.17) is 5.26 Å². The molecule has 0 fully saturated rings. The fourth-order valence-corrected chi connectivity index (χ4v) is 3.24. The number of nitrogens with zero attached hydrogens (tertiary/aromatic N) is 1. The Hall–Kier alpha value is -2.27. The summed E-state index contributed by atoms with van der Waals surface area (Å²) in [6, 6.07) is 13.1. The van der Waals surface area contributed by atoms with E-state index in [1.165, 1.54) is 43.3 Å². The molecule has 0 aromatic heterocycles. The van der Waals surface area contributed by atoms with Crippen molar-refractivity contribution in [2.75, 3.05) is 6.54 Å². The molecular formula is C17H17FN2O3S. The first kappa shape index (κ1) is 18.1. The summed E-state index contributed by atoms with van der Waals surface area (Å²) < 4.78 is 39.9. The highest BCUT2D eigenvalue weighted by Gasteiger charge is 2.26. The van der Waals surface area contributed by atoms with Crippen LogP contribution in [0.2, 0.25) is 0 Å². The van der Waals surface area contributed by atoms with Gasteiger partial charge in [0.2, 0.25) is 10.0 Å². The first-order chi connectivity index (χ1) is 11.2. The second-order valence-corrected chi connectivity index (χ2v) is 7.35. The normalized spacial score (nSPS) is 13.9. The van der Waals surface area contributed by atoms with E-state index in [0.29, 0.717) is 5.56 Å². The van der Waals surface area contributed by atoms with Crippen LogP contribution in [0.3, 0.4) is 0 Å². The van der Waals surface area contributed by atoms with Gasteiger partial charge in [0.05, 0.1) is 17.4 Å². The molecule has 0 aliphatic heterocycles. The largest absolute Gasteiger partial charge is 0.384 e. The van der Waals surface area contributed by atoms with Crippen LogP contribution in [0.5, 0.6) is 0 Å². The van der Waals surface area contributed by atoms with Crippen molar-refractivity contribution in [2.24, 2.45) is 0 Å². The molecule has 0 amide bonds. The van der Waals surface area contributed by atoms with Gasteiger partial charge in [-0.15, -0.1) is 0 Å². The molecule has 2 N–H and O–H groups in total. The van der Waals surface area contributed by atoms with E-state index >= 15 is 0 Å². The van der Waals surface area contributed by atoms with Gasteiger partial charge in [-0.05, 0) is 42.3 Å². The van der Waals surface area contributed by atoms with E-state index in [1.807, 2.05) is 6.07 Å². The van der Waals surface area contributed by atoms with Crippen LogP contribution >= 0.6 is 0 Å². The molecule has 2 aromatic rings. The number of hydrogen-bond acceptors (Lipinski definition) is 4. The van der Waals surface area contributed by atoms with Gasteiger partial charge in [0, 0.05) is 6.54 Å². The molecule has 0 radical (unpaired) electrons. The maximum atomic E-state index is 12.9. The molecule has 0 bridgehead atoms. The van der Waals surface area contributed by atoms with Crippen LogP contribution in [-0.2, 0) is 22.0 Å². The second-order valence-electron chi connectivity index (χ2n) is 5.58. The molecule has 1 atom stereocenters. The van der Waals surface area contributed by atoms with E-state index in [9.17, 15) is 17.9 Å². The quantitative estimate of drug-likeness (QED) is 0.836. The SMILES string of the molecule is CC(O)(CNS(=O)(=O)c1ccc(CC#N)cc1)c1ccc(F)cc1. The van der Waals surface area contributed by atoms with Gasteiger partial charge in [0.1, 0.15) is 11.4 Å². The summed E-state index contributed by atoms with van der Waals surface area (Å²) in [5.74, 6) is -0.437. The lowest BCUT2D eigenvalue weighted by Crippen LogP contribution is -2.38. The Balaban J connectivity index is 2.11. The lowest BCUT2D eigenvalue weighted by atomic mass is 9.96. The zero-order chi connectivity index (χ0) is 17.8. The Kier molecular flexibility index (Phi) is 5.34. The standard InChI is InChI=1S/C17H17FN2O3S/c1-17(21,14-4-6-15(18)7-5-14)12-20-24(22,23)16-8-2-13(3-9-16)10-11-19/h2-9,20-21H,10,12H2,1H3. The lowest BCUT2D eigenvalue weighted by molar-refractivity contribution is 0.0627. The fourth-order valence-electron chi connectivity index (χ4n) is 2.11. The fraction of sp³-hybridized carbons (Fsp3) is 0.235. The molecule has 2 rings (SSSR count). The summed E-state index contributed by atoms with van der Waals surface area (Å²) >= 11 is 0. The van der Waals surface area contributed by atoms with Crippen molar-refractivity contribution in [3.8, 4) is 6.07 Å². The van der Waals surface area contributed by atoms with E-state index in [1.54, 1.807) is 12.1 Å². The summed E-state index contributed by atoms with van der Waals surface area (Å²) in [5, 5.41) is 19.0. The Morgan fingerprint density at radius 1 is 1.17 bits per heavy atom. The van der Waals surface area contributed by atoms with Crippen molar-refractivity contribution < 1.29 is 17.9 Å². The average molecular weight is 348 g/mol. The second kappa shape index (κ2) is 7.09. The Morgan fingerprint density at radius 2 is 1.75 bits per heavy atom. The summed E-state index contributed by atoms with van der Waals surface area (Å²) in [6.45, 7) is 1.18. The summed E-state index contributed by atoms with van der Waals surface area (Å²) in [7, 11) is -3.81. The van der Waals surface area contributed by atoms with Gasteiger partial charge >= 0.3 is 0 Å². The Bertz CT molecular complexity index is 839. The zero-order valence-electron chi connectivity index (χ0n) is 13.0. The number of hydrogen-bond donors (Lipinski definition) is 2. The third kappa shape index (κ3) is 4.38. The smallest absolute Gasteiger partial charge is 0.240 e. The zero-order valence-corrected chi connectivity index (χ0v) is 13.8. The average Bonchev–Trinajstić information content (AvgIpc) is 2.55. The molecule has 0 spiro atoms. The predicted octanol–water partition coefficient (Wildman–Crippen LogP) is 2.08. The lowest BCUT2D eigenvalue weighted by Gasteiger charge is -2.24. The summed E-state index contributed by atoms with van der Waals surface area (Å²) in [6.07, 6.45) is 0.201. The van der Waals surface area contributed by atoms with E-state index in [2.05, 4.69) is 4.72 Å². The van der Waals surface area contributed by atoms with Crippen LogP contribution in [0, 0.1) is 17.1 Å². The Morgan fingerprint density at radius 3 is 2.29 bits per heavy atom. The van der Waals surface area contributed by atoms with Crippen molar-refractivity contribution in [3.05, 3.63) is 65.5 Å². The first-order valence-corrected chi connectivity index (χ1v) is 8.67. The monoisotopic (exact) mass is 348 g/mol. The van der Waals surface area contributed by atoms with E-state index in [-0.39, 0.29) is 17.9 Å². The van der Waals surface area contributed by atoms with Crippen LogP contribution in [0.15, 0.2) is 53.4 Å². The van der Waals surface area contributed by atoms with Crippen molar-refractivity contribution in [2.45, 2.75) is 23.8 Å². The molecule has 7 heteroatoms. The minimum atomic E-state index is -3.81. The van der Waals surface area contributed by atoms with E-state index in [0.717, 1.165) is 5.56 Å². The molecule has 0 aliphatic rings. The number of nitrogens with one attached hydrogen (secondary N) is 1. The number of rotatable bonds is 6. The molecule has 0 aliphatic carbocycles. The molecule has 24 heavy (non-hydrogen) atoms. The number of sulfonamides is 1. The number of nitriles is 1. The van der Waals surface area contributed by atoms with E-state index < -0.39 is 21.4 Å². The number of halogens is 1. The molecule has 0 heterocycles. The maximum Gasteiger partial charge on any atom is 0.240 e. The van der Waals surface area contributed by atoms with Gasteiger partial charge in [-0.1, -0.05) is 24.3 Å². The highest BCUT2D eigenvalue weighted by molar-refractivity contribution is 7.89. The first-order valence-electron chi connectivity index (χ1n) is 7.18. The van der Waals surface area contributed by atoms with Gasteiger partial charge in [-0.25, -0.2) is 17.5 Å². The van der Waals surface area contributed by atoms with Crippen molar-refractivity contribution in [3.63, 3.8) is 0 Å². The molecule has 126 valence electrons. The summed E-state index contributed by atoms with van der Waals surface area (Å²) in [5.41, 5.74) is -0.368. The number of aliphatic hydroxyl groups is 1. The molecular weight excluding hydrogens is 331 g/mol. The van der Waals surface area contributed by atoms with Gasteiger partial charge in [-0.2, -0.15) is 5.26 Å². The molecule has 1 unspecified atom stereocenters. The topological polar surface area (TPSA) is 90.2 Å². The predicted molar refractivity (Wildman–Crippen MR) is 86.9 cm³/mol. The van der Waals surface area contributed by atoms with Gasteiger partial charge < -0.3 is 5.11 Å². The third-order valence-corrected chi connectivity index (χ3v) is 5.01. The van der Waals surface area contributed by atoms with Gasteiger partial charge in [-0.3, -0.25) is 0 Å².